The maximum atomic E-state index is 12.1. The molecule has 21 heavy (non-hydrogen) atoms. The molecule has 1 aromatic rings. The third kappa shape index (κ3) is 4.27. The summed E-state index contributed by atoms with van der Waals surface area (Å²) in [6.07, 6.45) is 0. The van der Waals surface area contributed by atoms with Crippen molar-refractivity contribution in [3.05, 3.63) is 39.4 Å². The van der Waals surface area contributed by atoms with Crippen LogP contribution in [0.2, 0.25) is 0 Å². The number of carboxylic acids is 1. The lowest BCUT2D eigenvalue weighted by molar-refractivity contribution is -0.384. The monoisotopic (exact) mass is 294 g/mol. The zero-order valence-corrected chi connectivity index (χ0v) is 12.3. The number of carbonyl (C=O) groups excluding carboxylic acids is 1. The van der Waals surface area contributed by atoms with Gasteiger partial charge in [0, 0.05) is 17.7 Å². The SMILES string of the molecule is Cc1cc(C(=O)NC(C(=O)O)C(C)(C)C)cc([N+](=O)[O-])c1. The minimum Gasteiger partial charge on any atom is -0.480 e. The lowest BCUT2D eigenvalue weighted by Gasteiger charge is -2.27. The summed E-state index contributed by atoms with van der Waals surface area (Å²) in [5.74, 6) is -1.80. The van der Waals surface area contributed by atoms with Crippen LogP contribution in [0.1, 0.15) is 36.7 Å². The Balaban J connectivity index is 3.09. The van der Waals surface area contributed by atoms with Gasteiger partial charge in [-0.15, -0.1) is 0 Å². The number of non-ortho nitro benzene ring substituents is 1. The number of nitrogens with zero attached hydrogens (tertiary/aromatic N) is 1. The second-order valence-corrected chi connectivity index (χ2v) is 5.93. The van der Waals surface area contributed by atoms with E-state index in [0.717, 1.165) is 6.07 Å². The van der Waals surface area contributed by atoms with Crippen LogP contribution in [0.5, 0.6) is 0 Å². The molecule has 0 aliphatic carbocycles. The Kier molecular flexibility index (Phi) is 4.67. The van der Waals surface area contributed by atoms with Gasteiger partial charge in [0.25, 0.3) is 11.6 Å². The Labute approximate surface area is 122 Å². The van der Waals surface area contributed by atoms with Crippen LogP contribution in [-0.4, -0.2) is 27.9 Å². The molecule has 1 amide bonds. The average molecular weight is 294 g/mol. The van der Waals surface area contributed by atoms with E-state index >= 15 is 0 Å². The van der Waals surface area contributed by atoms with E-state index in [9.17, 15) is 24.8 Å². The fourth-order valence-corrected chi connectivity index (χ4v) is 1.86. The Bertz CT molecular complexity index is 590. The van der Waals surface area contributed by atoms with Crippen molar-refractivity contribution in [1.29, 1.82) is 0 Å². The van der Waals surface area contributed by atoms with Crippen molar-refractivity contribution in [1.82, 2.24) is 5.32 Å². The molecule has 7 nitrogen and oxygen atoms in total. The maximum absolute atomic E-state index is 12.1. The van der Waals surface area contributed by atoms with Crippen LogP contribution in [0, 0.1) is 22.5 Å². The molecule has 1 rings (SSSR count). The van der Waals surface area contributed by atoms with Gasteiger partial charge < -0.3 is 10.4 Å². The number of amides is 1. The first-order valence-corrected chi connectivity index (χ1v) is 6.32. The highest BCUT2D eigenvalue weighted by Crippen LogP contribution is 2.21. The quantitative estimate of drug-likeness (QED) is 0.653. The standard InChI is InChI=1S/C14H18N2O5/c1-8-5-9(7-10(6-8)16(20)21)12(17)15-11(13(18)19)14(2,3)4/h5-7,11H,1-4H3,(H,15,17)(H,18,19). The van der Waals surface area contributed by atoms with E-state index in [1.807, 2.05) is 0 Å². The normalized spacial score (nSPS) is 12.6. The van der Waals surface area contributed by atoms with Gasteiger partial charge >= 0.3 is 5.97 Å². The van der Waals surface area contributed by atoms with Gasteiger partial charge in [-0.25, -0.2) is 4.79 Å². The van der Waals surface area contributed by atoms with Crippen LogP contribution >= 0.6 is 0 Å². The second-order valence-electron chi connectivity index (χ2n) is 5.93. The van der Waals surface area contributed by atoms with E-state index in [0.29, 0.717) is 5.56 Å². The van der Waals surface area contributed by atoms with E-state index in [2.05, 4.69) is 5.32 Å². The first-order chi connectivity index (χ1) is 9.52. The van der Waals surface area contributed by atoms with Gasteiger partial charge in [-0.05, 0) is 24.0 Å². The predicted octanol–water partition coefficient (Wildman–Crippen LogP) is 2.13. The number of carboxylic acid groups (broad SMARTS) is 1. The van der Waals surface area contributed by atoms with Crippen LogP contribution in [0.15, 0.2) is 18.2 Å². The van der Waals surface area contributed by atoms with Crippen molar-refractivity contribution in [2.75, 3.05) is 0 Å². The van der Waals surface area contributed by atoms with E-state index < -0.39 is 28.3 Å². The number of carbonyl (C=O) groups is 2. The molecule has 0 aliphatic heterocycles. The minimum atomic E-state index is -1.15. The zero-order valence-electron chi connectivity index (χ0n) is 12.3. The smallest absolute Gasteiger partial charge is 0.326 e. The van der Waals surface area contributed by atoms with E-state index in [1.165, 1.54) is 12.1 Å². The van der Waals surface area contributed by atoms with Crippen molar-refractivity contribution < 1.29 is 19.6 Å². The summed E-state index contributed by atoms with van der Waals surface area (Å²) < 4.78 is 0. The summed E-state index contributed by atoms with van der Waals surface area (Å²) in [7, 11) is 0. The van der Waals surface area contributed by atoms with Crippen LogP contribution in [0.25, 0.3) is 0 Å². The van der Waals surface area contributed by atoms with Crippen molar-refractivity contribution in [2.24, 2.45) is 5.41 Å². The molecule has 0 spiro atoms. The fourth-order valence-electron chi connectivity index (χ4n) is 1.86. The number of aryl methyl sites for hydroxylation is 1. The number of aliphatic carboxylic acids is 1. The molecule has 1 atom stereocenters. The Morgan fingerprint density at radius 2 is 1.86 bits per heavy atom. The number of benzene rings is 1. The lowest BCUT2D eigenvalue weighted by atomic mass is 9.86. The van der Waals surface area contributed by atoms with Gasteiger partial charge in [0.05, 0.1) is 4.92 Å². The van der Waals surface area contributed by atoms with Gasteiger partial charge in [0.15, 0.2) is 0 Å². The summed E-state index contributed by atoms with van der Waals surface area (Å²) in [4.78, 5) is 33.6. The number of rotatable bonds is 4. The topological polar surface area (TPSA) is 110 Å². The van der Waals surface area contributed by atoms with Gasteiger partial charge in [0.2, 0.25) is 0 Å². The summed E-state index contributed by atoms with van der Waals surface area (Å²) in [6.45, 7) is 6.68. The van der Waals surface area contributed by atoms with Crippen molar-refractivity contribution >= 4 is 17.6 Å². The first kappa shape index (κ1) is 16.6. The highest BCUT2D eigenvalue weighted by atomic mass is 16.6. The molecule has 7 heteroatoms. The fraction of sp³-hybridized carbons (Fsp3) is 0.429. The van der Waals surface area contributed by atoms with E-state index in [-0.39, 0.29) is 11.3 Å². The highest BCUT2D eigenvalue weighted by Gasteiger charge is 2.33. The Morgan fingerprint density at radius 1 is 1.29 bits per heavy atom. The van der Waals surface area contributed by atoms with Crippen molar-refractivity contribution in [3.63, 3.8) is 0 Å². The molecule has 0 bridgehead atoms. The van der Waals surface area contributed by atoms with Crippen molar-refractivity contribution in [2.45, 2.75) is 33.7 Å². The third-order valence-corrected chi connectivity index (χ3v) is 2.92. The lowest BCUT2D eigenvalue weighted by Crippen LogP contribution is -2.49. The molecule has 114 valence electrons. The largest absolute Gasteiger partial charge is 0.480 e. The molecule has 0 fully saturated rings. The first-order valence-electron chi connectivity index (χ1n) is 6.32. The average Bonchev–Trinajstić information content (AvgIpc) is 2.32. The number of hydrogen-bond acceptors (Lipinski definition) is 4. The Morgan fingerprint density at radius 3 is 2.29 bits per heavy atom. The number of nitro benzene ring substituents is 1. The van der Waals surface area contributed by atoms with Crippen LogP contribution in [0.3, 0.4) is 0 Å². The zero-order chi connectivity index (χ0) is 16.4. The van der Waals surface area contributed by atoms with E-state index in [1.54, 1.807) is 27.7 Å². The second kappa shape index (κ2) is 5.90. The minimum absolute atomic E-state index is 0.0669. The van der Waals surface area contributed by atoms with Crippen LogP contribution in [-0.2, 0) is 4.79 Å². The Hall–Kier alpha value is -2.44. The summed E-state index contributed by atoms with van der Waals surface area (Å²) in [5.41, 5.74) is -0.269. The van der Waals surface area contributed by atoms with Gasteiger partial charge in [-0.1, -0.05) is 20.8 Å². The summed E-state index contributed by atoms with van der Waals surface area (Å²) in [6, 6.07) is 2.85. The molecule has 1 aromatic carbocycles. The van der Waals surface area contributed by atoms with Crippen LogP contribution < -0.4 is 5.32 Å². The summed E-state index contributed by atoms with van der Waals surface area (Å²) in [5, 5.41) is 22.4. The number of hydrogen-bond donors (Lipinski definition) is 2. The number of nitrogens with one attached hydrogen (secondary N) is 1. The molecule has 0 radical (unpaired) electrons. The molecule has 1 unspecified atom stereocenters. The molecule has 0 saturated carbocycles. The van der Waals surface area contributed by atoms with Crippen molar-refractivity contribution in [3.8, 4) is 0 Å². The maximum Gasteiger partial charge on any atom is 0.326 e. The molecule has 2 N–H and O–H groups in total. The van der Waals surface area contributed by atoms with Gasteiger partial charge in [0.1, 0.15) is 6.04 Å². The third-order valence-electron chi connectivity index (χ3n) is 2.92. The molecule has 0 heterocycles. The molecule has 0 aromatic heterocycles. The predicted molar refractivity (Wildman–Crippen MR) is 76.2 cm³/mol. The molecule has 0 aliphatic rings. The highest BCUT2D eigenvalue weighted by molar-refractivity contribution is 5.97. The molecular weight excluding hydrogens is 276 g/mol. The summed E-state index contributed by atoms with van der Waals surface area (Å²) >= 11 is 0. The van der Waals surface area contributed by atoms with Gasteiger partial charge in [-0.2, -0.15) is 0 Å². The number of nitro groups is 1. The van der Waals surface area contributed by atoms with Gasteiger partial charge in [-0.3, -0.25) is 14.9 Å². The molecular formula is C14H18N2O5. The van der Waals surface area contributed by atoms with E-state index in [4.69, 9.17) is 0 Å². The molecule has 0 saturated heterocycles. The van der Waals surface area contributed by atoms with Crippen LogP contribution in [0.4, 0.5) is 5.69 Å².